The summed E-state index contributed by atoms with van der Waals surface area (Å²) in [6, 6.07) is 8.22. The summed E-state index contributed by atoms with van der Waals surface area (Å²) in [7, 11) is 0. The second kappa shape index (κ2) is 6.87. The molecule has 1 fully saturated rings. The smallest absolute Gasteiger partial charge is 0.173 e. The molecule has 1 aliphatic rings. The molecule has 1 unspecified atom stereocenters. The van der Waals surface area contributed by atoms with Crippen LogP contribution in [0.2, 0.25) is 0 Å². The van der Waals surface area contributed by atoms with Gasteiger partial charge in [-0.15, -0.1) is 0 Å². The zero-order chi connectivity index (χ0) is 13.7. The van der Waals surface area contributed by atoms with Crippen molar-refractivity contribution >= 4 is 23.0 Å². The Morgan fingerprint density at radius 3 is 2.89 bits per heavy atom. The number of rotatable bonds is 4. The van der Waals surface area contributed by atoms with Crippen molar-refractivity contribution in [3.63, 3.8) is 0 Å². The fourth-order valence-electron chi connectivity index (χ4n) is 2.30. The molecule has 0 aromatic heterocycles. The van der Waals surface area contributed by atoms with E-state index in [1.807, 2.05) is 12.1 Å². The molecule has 2 rings (SSSR count). The summed E-state index contributed by atoms with van der Waals surface area (Å²) in [6.45, 7) is 7.89. The molecule has 0 spiro atoms. The SMILES string of the molecule is CCN(CC1CCOC1)C(=S)Nc1ccccc1C. The lowest BCUT2D eigenvalue weighted by Crippen LogP contribution is -2.38. The average molecular weight is 278 g/mol. The minimum absolute atomic E-state index is 0.608. The highest BCUT2D eigenvalue weighted by Crippen LogP contribution is 2.17. The summed E-state index contributed by atoms with van der Waals surface area (Å²) in [6.07, 6.45) is 1.14. The molecule has 1 atom stereocenters. The van der Waals surface area contributed by atoms with Crippen LogP contribution in [-0.4, -0.2) is 36.3 Å². The van der Waals surface area contributed by atoms with Crippen LogP contribution in [0.3, 0.4) is 0 Å². The van der Waals surface area contributed by atoms with E-state index < -0.39 is 0 Å². The lowest BCUT2D eigenvalue weighted by Gasteiger charge is -2.27. The highest BCUT2D eigenvalue weighted by atomic mass is 32.1. The van der Waals surface area contributed by atoms with Gasteiger partial charge >= 0.3 is 0 Å². The first-order valence-electron chi connectivity index (χ1n) is 6.90. The molecule has 4 heteroatoms. The van der Waals surface area contributed by atoms with Crippen LogP contribution in [0.5, 0.6) is 0 Å². The van der Waals surface area contributed by atoms with Crippen molar-refractivity contribution in [1.82, 2.24) is 4.90 Å². The van der Waals surface area contributed by atoms with Gasteiger partial charge in [0.05, 0.1) is 6.61 Å². The molecule has 1 aromatic carbocycles. The molecule has 0 amide bonds. The Kier molecular flexibility index (Phi) is 5.16. The number of benzene rings is 1. The molecule has 1 N–H and O–H groups in total. The second-order valence-corrected chi connectivity index (χ2v) is 5.40. The van der Waals surface area contributed by atoms with E-state index in [1.165, 1.54) is 5.56 Å². The van der Waals surface area contributed by atoms with Crippen LogP contribution >= 0.6 is 12.2 Å². The first-order valence-corrected chi connectivity index (χ1v) is 7.30. The standard InChI is InChI=1S/C15H22N2OS/c1-3-17(10-13-8-9-18-11-13)15(19)16-14-7-5-4-6-12(14)2/h4-7,13H,3,8-11H2,1-2H3,(H,16,19). The highest BCUT2D eigenvalue weighted by Gasteiger charge is 2.20. The van der Waals surface area contributed by atoms with Gasteiger partial charge in [-0.25, -0.2) is 0 Å². The highest BCUT2D eigenvalue weighted by molar-refractivity contribution is 7.80. The van der Waals surface area contributed by atoms with E-state index >= 15 is 0 Å². The lowest BCUT2D eigenvalue weighted by molar-refractivity contribution is 0.180. The number of anilines is 1. The molecular weight excluding hydrogens is 256 g/mol. The molecule has 1 aromatic rings. The van der Waals surface area contributed by atoms with Crippen LogP contribution in [0.15, 0.2) is 24.3 Å². The Hall–Kier alpha value is -1.13. The van der Waals surface area contributed by atoms with Crippen LogP contribution in [0.25, 0.3) is 0 Å². The average Bonchev–Trinajstić information content (AvgIpc) is 2.91. The van der Waals surface area contributed by atoms with Crippen molar-refractivity contribution in [2.75, 3.05) is 31.6 Å². The summed E-state index contributed by atoms with van der Waals surface area (Å²) in [5.41, 5.74) is 2.30. The summed E-state index contributed by atoms with van der Waals surface area (Å²) in [5.74, 6) is 0.608. The maximum Gasteiger partial charge on any atom is 0.173 e. The van der Waals surface area contributed by atoms with Crippen LogP contribution in [-0.2, 0) is 4.74 Å². The van der Waals surface area contributed by atoms with Gasteiger partial charge in [0.15, 0.2) is 5.11 Å². The van der Waals surface area contributed by atoms with Gasteiger partial charge in [-0.2, -0.15) is 0 Å². The Bertz CT molecular complexity index is 430. The van der Waals surface area contributed by atoms with E-state index in [0.717, 1.165) is 43.5 Å². The summed E-state index contributed by atoms with van der Waals surface area (Å²) >= 11 is 5.52. The number of thiocarbonyl (C=S) groups is 1. The third kappa shape index (κ3) is 3.91. The summed E-state index contributed by atoms with van der Waals surface area (Å²) in [4.78, 5) is 2.22. The lowest BCUT2D eigenvalue weighted by atomic mass is 10.1. The maximum atomic E-state index is 5.52. The zero-order valence-corrected chi connectivity index (χ0v) is 12.5. The van der Waals surface area contributed by atoms with Crippen molar-refractivity contribution in [2.24, 2.45) is 5.92 Å². The van der Waals surface area contributed by atoms with Crippen molar-refractivity contribution in [3.05, 3.63) is 29.8 Å². The number of nitrogens with one attached hydrogen (secondary N) is 1. The molecule has 0 aliphatic carbocycles. The van der Waals surface area contributed by atoms with Gasteiger partial charge in [-0.3, -0.25) is 0 Å². The Balaban J connectivity index is 1.94. The Labute approximate surface area is 120 Å². The van der Waals surface area contributed by atoms with Gasteiger partial charge in [0, 0.05) is 31.3 Å². The van der Waals surface area contributed by atoms with Gasteiger partial charge in [0.1, 0.15) is 0 Å². The number of para-hydroxylation sites is 1. The van der Waals surface area contributed by atoms with Gasteiger partial charge in [0.2, 0.25) is 0 Å². The number of hydrogen-bond donors (Lipinski definition) is 1. The molecule has 1 heterocycles. The normalized spacial score (nSPS) is 18.3. The van der Waals surface area contributed by atoms with E-state index in [0.29, 0.717) is 5.92 Å². The van der Waals surface area contributed by atoms with Crippen molar-refractivity contribution in [2.45, 2.75) is 20.3 Å². The first-order chi connectivity index (χ1) is 9.20. The van der Waals surface area contributed by atoms with Gasteiger partial charge in [-0.05, 0) is 44.1 Å². The van der Waals surface area contributed by atoms with Crippen molar-refractivity contribution < 1.29 is 4.74 Å². The largest absolute Gasteiger partial charge is 0.381 e. The van der Waals surface area contributed by atoms with Gasteiger partial charge in [0.25, 0.3) is 0 Å². The van der Waals surface area contributed by atoms with E-state index in [4.69, 9.17) is 17.0 Å². The van der Waals surface area contributed by atoms with Crippen LogP contribution in [0.4, 0.5) is 5.69 Å². The molecule has 0 radical (unpaired) electrons. The number of aryl methyl sites for hydroxylation is 1. The molecule has 0 bridgehead atoms. The minimum Gasteiger partial charge on any atom is -0.381 e. The molecule has 19 heavy (non-hydrogen) atoms. The van der Waals surface area contributed by atoms with Crippen LogP contribution in [0.1, 0.15) is 18.9 Å². The van der Waals surface area contributed by atoms with Crippen LogP contribution in [0, 0.1) is 12.8 Å². The first kappa shape index (κ1) is 14.3. The quantitative estimate of drug-likeness (QED) is 0.856. The van der Waals surface area contributed by atoms with E-state index in [2.05, 4.69) is 36.2 Å². The zero-order valence-electron chi connectivity index (χ0n) is 11.7. The minimum atomic E-state index is 0.608. The second-order valence-electron chi connectivity index (χ2n) is 5.01. The topological polar surface area (TPSA) is 24.5 Å². The number of hydrogen-bond acceptors (Lipinski definition) is 2. The monoisotopic (exact) mass is 278 g/mol. The third-order valence-corrected chi connectivity index (χ3v) is 3.92. The molecule has 104 valence electrons. The molecule has 1 aliphatic heterocycles. The van der Waals surface area contributed by atoms with Gasteiger partial charge in [-0.1, -0.05) is 18.2 Å². The maximum absolute atomic E-state index is 5.52. The number of nitrogens with zero attached hydrogens (tertiary/aromatic N) is 1. The summed E-state index contributed by atoms with van der Waals surface area (Å²) in [5, 5.41) is 4.16. The number of ether oxygens (including phenoxy) is 1. The van der Waals surface area contributed by atoms with Gasteiger partial charge < -0.3 is 15.0 Å². The third-order valence-electron chi connectivity index (χ3n) is 3.56. The molecular formula is C15H22N2OS. The molecule has 1 saturated heterocycles. The predicted molar refractivity (Wildman–Crippen MR) is 83.6 cm³/mol. The fraction of sp³-hybridized carbons (Fsp3) is 0.533. The Morgan fingerprint density at radius 2 is 2.26 bits per heavy atom. The Morgan fingerprint density at radius 1 is 1.47 bits per heavy atom. The molecule has 3 nitrogen and oxygen atoms in total. The summed E-state index contributed by atoms with van der Waals surface area (Å²) < 4.78 is 5.43. The van der Waals surface area contributed by atoms with Crippen molar-refractivity contribution in [3.8, 4) is 0 Å². The molecule has 0 saturated carbocycles. The van der Waals surface area contributed by atoms with Crippen molar-refractivity contribution in [1.29, 1.82) is 0 Å². The van der Waals surface area contributed by atoms with Crippen LogP contribution < -0.4 is 5.32 Å². The van der Waals surface area contributed by atoms with E-state index in [-0.39, 0.29) is 0 Å². The van der Waals surface area contributed by atoms with E-state index in [9.17, 15) is 0 Å². The van der Waals surface area contributed by atoms with E-state index in [1.54, 1.807) is 0 Å². The predicted octanol–water partition coefficient (Wildman–Crippen LogP) is 3.05. The fourth-order valence-corrected chi connectivity index (χ4v) is 2.62.